The number of ketones is 1. The molecule has 30 heavy (non-hydrogen) atoms. The van der Waals surface area contributed by atoms with Gasteiger partial charge in [0.2, 0.25) is 0 Å². The average Bonchev–Trinajstić information content (AvgIpc) is 2.64. The molecule has 2 aromatic carbocycles. The molecular formula is C22H23ClF3NO3. The van der Waals surface area contributed by atoms with Crippen LogP contribution in [0.3, 0.4) is 0 Å². The number of ether oxygens (including phenoxy) is 1. The number of hydrogen-bond donors (Lipinski definition) is 1. The Kier molecular flexibility index (Phi) is 8.43. The Morgan fingerprint density at radius 3 is 2.50 bits per heavy atom. The molecule has 0 unspecified atom stereocenters. The SMILES string of the molecule is CCOC(=O)Cc1cc(Cl)cc(-c2ccc(C(F)(F)F)cc2CNCCC(C)=O)c1. The monoisotopic (exact) mass is 441 g/mol. The van der Waals surface area contributed by atoms with Crippen LogP contribution < -0.4 is 5.32 Å². The van der Waals surface area contributed by atoms with E-state index in [-0.39, 0.29) is 31.8 Å². The lowest BCUT2D eigenvalue weighted by molar-refractivity contribution is -0.142. The van der Waals surface area contributed by atoms with Crippen LogP contribution >= 0.6 is 11.6 Å². The van der Waals surface area contributed by atoms with Crippen LogP contribution in [0.2, 0.25) is 5.02 Å². The highest BCUT2D eigenvalue weighted by Gasteiger charge is 2.31. The molecule has 2 aromatic rings. The van der Waals surface area contributed by atoms with Gasteiger partial charge in [0, 0.05) is 24.5 Å². The Labute approximate surface area is 178 Å². The fourth-order valence-corrected chi connectivity index (χ4v) is 3.23. The standard InChI is InChI=1S/C22H23ClF3NO3/c1-3-30-21(29)10-15-8-16(12-19(23)9-15)20-5-4-18(22(24,25)26)11-17(20)13-27-7-6-14(2)28/h4-5,8-9,11-12,27H,3,6-7,10,13H2,1-2H3. The summed E-state index contributed by atoms with van der Waals surface area (Å²) in [6, 6.07) is 8.46. The summed E-state index contributed by atoms with van der Waals surface area (Å²) in [5.74, 6) is -0.422. The zero-order chi connectivity index (χ0) is 22.3. The fourth-order valence-electron chi connectivity index (χ4n) is 2.97. The first kappa shape index (κ1) is 23.9. The molecular weight excluding hydrogens is 419 g/mol. The van der Waals surface area contributed by atoms with Gasteiger partial charge in [0.1, 0.15) is 5.78 Å². The van der Waals surface area contributed by atoms with Crippen molar-refractivity contribution >= 4 is 23.4 Å². The van der Waals surface area contributed by atoms with Crippen molar-refractivity contribution < 1.29 is 27.5 Å². The first-order chi connectivity index (χ1) is 14.1. The summed E-state index contributed by atoms with van der Waals surface area (Å²) < 4.78 is 44.6. The van der Waals surface area contributed by atoms with E-state index in [4.69, 9.17) is 16.3 Å². The summed E-state index contributed by atoms with van der Waals surface area (Å²) in [5.41, 5.74) is 1.41. The van der Waals surface area contributed by atoms with Gasteiger partial charge in [-0.25, -0.2) is 0 Å². The van der Waals surface area contributed by atoms with Crippen LogP contribution in [-0.2, 0) is 33.5 Å². The van der Waals surface area contributed by atoms with E-state index in [2.05, 4.69) is 5.32 Å². The van der Waals surface area contributed by atoms with E-state index in [1.165, 1.54) is 13.0 Å². The molecule has 0 aromatic heterocycles. The molecule has 8 heteroatoms. The van der Waals surface area contributed by atoms with Gasteiger partial charge in [-0.2, -0.15) is 13.2 Å². The normalized spacial score (nSPS) is 11.4. The zero-order valence-electron chi connectivity index (χ0n) is 16.7. The summed E-state index contributed by atoms with van der Waals surface area (Å²) in [5, 5.41) is 3.37. The topological polar surface area (TPSA) is 55.4 Å². The number of hydrogen-bond acceptors (Lipinski definition) is 4. The molecule has 0 radical (unpaired) electrons. The zero-order valence-corrected chi connectivity index (χ0v) is 17.5. The third-order valence-corrected chi connectivity index (χ3v) is 4.54. The van der Waals surface area contributed by atoms with Crippen LogP contribution in [-0.4, -0.2) is 24.9 Å². The predicted molar refractivity (Wildman–Crippen MR) is 109 cm³/mol. The molecule has 0 aliphatic heterocycles. The van der Waals surface area contributed by atoms with Crippen LogP contribution in [0.1, 0.15) is 37.0 Å². The van der Waals surface area contributed by atoms with Crippen LogP contribution in [0.25, 0.3) is 11.1 Å². The smallest absolute Gasteiger partial charge is 0.416 e. The van der Waals surface area contributed by atoms with Crippen molar-refractivity contribution in [1.29, 1.82) is 0 Å². The minimum atomic E-state index is -4.48. The molecule has 162 valence electrons. The number of benzene rings is 2. The number of rotatable bonds is 9. The third-order valence-electron chi connectivity index (χ3n) is 4.32. The van der Waals surface area contributed by atoms with E-state index in [0.29, 0.717) is 33.8 Å². The summed E-state index contributed by atoms with van der Waals surface area (Å²) in [7, 11) is 0. The Balaban J connectivity index is 2.39. The lowest BCUT2D eigenvalue weighted by atomic mass is 9.95. The minimum Gasteiger partial charge on any atom is -0.466 e. The predicted octanol–water partition coefficient (Wildman–Crippen LogP) is 5.20. The summed E-state index contributed by atoms with van der Waals surface area (Å²) >= 11 is 6.19. The number of halogens is 4. The number of esters is 1. The van der Waals surface area contributed by atoms with Crippen LogP contribution in [0.5, 0.6) is 0 Å². The first-order valence-electron chi connectivity index (χ1n) is 9.46. The van der Waals surface area contributed by atoms with Gasteiger partial charge >= 0.3 is 12.1 Å². The molecule has 0 aliphatic rings. The Morgan fingerprint density at radius 2 is 1.87 bits per heavy atom. The van der Waals surface area contributed by atoms with E-state index in [1.807, 2.05) is 0 Å². The molecule has 0 spiro atoms. The van der Waals surface area contributed by atoms with Crippen molar-refractivity contribution in [2.75, 3.05) is 13.2 Å². The summed E-state index contributed by atoms with van der Waals surface area (Å²) in [4.78, 5) is 22.9. The molecule has 4 nitrogen and oxygen atoms in total. The van der Waals surface area contributed by atoms with Crippen molar-refractivity contribution in [1.82, 2.24) is 5.32 Å². The van der Waals surface area contributed by atoms with Gasteiger partial charge in [-0.3, -0.25) is 9.59 Å². The molecule has 0 fully saturated rings. The molecule has 0 aliphatic carbocycles. The van der Waals surface area contributed by atoms with Crippen LogP contribution in [0.15, 0.2) is 36.4 Å². The quantitative estimate of drug-likeness (QED) is 0.429. The van der Waals surface area contributed by atoms with Gasteiger partial charge in [-0.05, 0) is 60.4 Å². The van der Waals surface area contributed by atoms with Crippen LogP contribution in [0, 0.1) is 0 Å². The van der Waals surface area contributed by atoms with Gasteiger partial charge < -0.3 is 10.1 Å². The lowest BCUT2D eigenvalue weighted by Crippen LogP contribution is -2.18. The highest BCUT2D eigenvalue weighted by atomic mass is 35.5. The Bertz CT molecular complexity index is 913. The van der Waals surface area contributed by atoms with Gasteiger partial charge in [0.15, 0.2) is 0 Å². The molecule has 0 atom stereocenters. The van der Waals surface area contributed by atoms with Crippen molar-refractivity contribution in [3.63, 3.8) is 0 Å². The number of carbonyl (C=O) groups excluding carboxylic acids is 2. The second kappa shape index (κ2) is 10.6. The average molecular weight is 442 g/mol. The third kappa shape index (κ3) is 7.15. The van der Waals surface area contributed by atoms with Gasteiger partial charge in [0.25, 0.3) is 0 Å². The maximum absolute atomic E-state index is 13.2. The fraction of sp³-hybridized carbons (Fsp3) is 0.364. The molecule has 2 rings (SSSR count). The number of nitrogens with one attached hydrogen (secondary N) is 1. The maximum Gasteiger partial charge on any atom is 0.416 e. The van der Waals surface area contributed by atoms with Gasteiger partial charge in [0.05, 0.1) is 18.6 Å². The van der Waals surface area contributed by atoms with Crippen LogP contribution in [0.4, 0.5) is 13.2 Å². The molecule has 0 heterocycles. The molecule has 0 saturated heterocycles. The lowest BCUT2D eigenvalue weighted by Gasteiger charge is -2.16. The first-order valence-corrected chi connectivity index (χ1v) is 9.83. The van der Waals surface area contributed by atoms with E-state index in [1.54, 1.807) is 25.1 Å². The Hall–Kier alpha value is -2.38. The second-order valence-electron chi connectivity index (χ2n) is 6.83. The number of Topliss-reactive ketones (excluding diaryl/α,β-unsaturated/α-hetero) is 1. The van der Waals surface area contributed by atoms with Crippen molar-refractivity contribution in [2.45, 2.75) is 39.4 Å². The largest absolute Gasteiger partial charge is 0.466 e. The van der Waals surface area contributed by atoms with Gasteiger partial charge in [-0.1, -0.05) is 23.7 Å². The van der Waals surface area contributed by atoms with Crippen molar-refractivity contribution in [3.8, 4) is 11.1 Å². The highest BCUT2D eigenvalue weighted by molar-refractivity contribution is 6.31. The summed E-state index contributed by atoms with van der Waals surface area (Å²) in [6.45, 7) is 3.91. The number of alkyl halides is 3. The summed E-state index contributed by atoms with van der Waals surface area (Å²) in [6.07, 6.45) is -4.18. The van der Waals surface area contributed by atoms with E-state index >= 15 is 0 Å². The molecule has 0 amide bonds. The second-order valence-corrected chi connectivity index (χ2v) is 7.26. The molecule has 0 saturated carbocycles. The minimum absolute atomic E-state index is 0.00816. The van der Waals surface area contributed by atoms with E-state index in [9.17, 15) is 22.8 Å². The Morgan fingerprint density at radius 1 is 1.13 bits per heavy atom. The highest BCUT2D eigenvalue weighted by Crippen LogP contribution is 2.34. The van der Waals surface area contributed by atoms with Crippen molar-refractivity contribution in [3.05, 3.63) is 58.1 Å². The van der Waals surface area contributed by atoms with Crippen molar-refractivity contribution in [2.24, 2.45) is 0 Å². The molecule has 0 bridgehead atoms. The van der Waals surface area contributed by atoms with Gasteiger partial charge in [-0.15, -0.1) is 0 Å². The van der Waals surface area contributed by atoms with E-state index < -0.39 is 17.7 Å². The van der Waals surface area contributed by atoms with E-state index in [0.717, 1.165) is 12.1 Å². The maximum atomic E-state index is 13.2. The molecule has 1 N–H and O–H groups in total. The number of carbonyl (C=O) groups is 2.